The molecule has 3 rings (SSSR count). The molecule has 0 saturated heterocycles. The van der Waals surface area contributed by atoms with Gasteiger partial charge in [-0.3, -0.25) is 9.36 Å². The van der Waals surface area contributed by atoms with Crippen LogP contribution in [0.3, 0.4) is 0 Å². The number of halogens is 2. The predicted molar refractivity (Wildman–Crippen MR) is 88.9 cm³/mol. The summed E-state index contributed by atoms with van der Waals surface area (Å²) in [6, 6.07) is 11.3. The molecular formula is C17H12BrFN2O3. The van der Waals surface area contributed by atoms with Crippen LogP contribution in [0.15, 0.2) is 58.1 Å². The molecule has 5 nitrogen and oxygen atoms in total. The molecule has 0 aliphatic rings. The van der Waals surface area contributed by atoms with E-state index in [2.05, 4.69) is 20.9 Å². The molecule has 0 bridgehead atoms. The van der Waals surface area contributed by atoms with Crippen molar-refractivity contribution in [1.29, 1.82) is 0 Å². The monoisotopic (exact) mass is 390 g/mol. The van der Waals surface area contributed by atoms with E-state index >= 15 is 0 Å². The highest BCUT2D eigenvalue weighted by atomic mass is 79.9. The summed E-state index contributed by atoms with van der Waals surface area (Å²) in [5, 5.41) is 0.537. The van der Waals surface area contributed by atoms with Gasteiger partial charge in [0.1, 0.15) is 5.82 Å². The van der Waals surface area contributed by atoms with Crippen molar-refractivity contribution in [3.8, 4) is 0 Å². The quantitative estimate of drug-likeness (QED) is 0.672. The third-order valence-corrected chi connectivity index (χ3v) is 3.99. The van der Waals surface area contributed by atoms with Crippen molar-refractivity contribution in [3.05, 3.63) is 75.0 Å². The second-order valence-electron chi connectivity index (χ2n) is 4.93. The standard InChI is InChI=1S/C16H12BrFN2O.CO2/c1-10(11-3-2-4-13(18)7-11)20-9-19-15-6-5-12(17)8-14(15)16(20)21;2-1-3/h2-10H,1H3;. The van der Waals surface area contributed by atoms with Crippen LogP contribution in [0, 0.1) is 5.82 Å². The van der Waals surface area contributed by atoms with Crippen LogP contribution in [0.4, 0.5) is 4.39 Å². The van der Waals surface area contributed by atoms with Crippen molar-refractivity contribution in [2.75, 3.05) is 0 Å². The van der Waals surface area contributed by atoms with E-state index in [4.69, 9.17) is 9.59 Å². The summed E-state index contributed by atoms with van der Waals surface area (Å²) in [4.78, 5) is 33.1. The van der Waals surface area contributed by atoms with E-state index in [-0.39, 0.29) is 23.6 Å². The molecule has 0 radical (unpaired) electrons. The van der Waals surface area contributed by atoms with Gasteiger partial charge >= 0.3 is 6.15 Å². The van der Waals surface area contributed by atoms with Gasteiger partial charge < -0.3 is 0 Å². The van der Waals surface area contributed by atoms with E-state index < -0.39 is 0 Å². The van der Waals surface area contributed by atoms with Crippen molar-refractivity contribution in [3.63, 3.8) is 0 Å². The smallest absolute Gasteiger partial charge is 0.291 e. The van der Waals surface area contributed by atoms with Crippen molar-refractivity contribution in [1.82, 2.24) is 9.55 Å². The number of carbonyl (C=O) groups excluding carboxylic acids is 2. The molecule has 1 unspecified atom stereocenters. The van der Waals surface area contributed by atoms with Gasteiger partial charge in [-0.1, -0.05) is 28.1 Å². The molecule has 7 heteroatoms. The van der Waals surface area contributed by atoms with Crippen LogP contribution in [0.5, 0.6) is 0 Å². The summed E-state index contributed by atoms with van der Waals surface area (Å²) in [5.74, 6) is -0.316. The lowest BCUT2D eigenvalue weighted by Crippen LogP contribution is -2.24. The van der Waals surface area contributed by atoms with Gasteiger partial charge in [0, 0.05) is 4.47 Å². The lowest BCUT2D eigenvalue weighted by Gasteiger charge is -2.15. The average Bonchev–Trinajstić information content (AvgIpc) is 2.56. The number of hydrogen-bond donors (Lipinski definition) is 0. The number of hydrogen-bond acceptors (Lipinski definition) is 4. The Labute approximate surface area is 144 Å². The van der Waals surface area contributed by atoms with Gasteiger partial charge in [0.15, 0.2) is 0 Å². The second kappa shape index (κ2) is 7.77. The lowest BCUT2D eigenvalue weighted by molar-refractivity contribution is -0.191. The fraction of sp³-hybridized carbons (Fsp3) is 0.118. The number of fused-ring (bicyclic) bond motifs is 1. The van der Waals surface area contributed by atoms with Gasteiger partial charge in [0.2, 0.25) is 0 Å². The molecule has 1 aromatic heterocycles. The zero-order chi connectivity index (χ0) is 17.7. The summed E-state index contributed by atoms with van der Waals surface area (Å²) in [6.07, 6.45) is 1.76. The third-order valence-electron chi connectivity index (χ3n) is 3.49. The number of rotatable bonds is 2. The Morgan fingerprint density at radius 3 is 2.58 bits per heavy atom. The Hall–Kier alpha value is -2.63. The first-order valence-corrected chi connectivity index (χ1v) is 7.68. The molecule has 122 valence electrons. The molecule has 0 aliphatic heterocycles. The predicted octanol–water partition coefficient (Wildman–Crippen LogP) is 3.32. The van der Waals surface area contributed by atoms with Gasteiger partial charge in [-0.15, -0.1) is 0 Å². The number of nitrogens with zero attached hydrogens (tertiary/aromatic N) is 2. The highest BCUT2D eigenvalue weighted by molar-refractivity contribution is 9.10. The normalized spacial score (nSPS) is 11.3. The summed E-state index contributed by atoms with van der Waals surface area (Å²) >= 11 is 3.36. The minimum Gasteiger partial charge on any atom is -0.291 e. The molecule has 1 heterocycles. The van der Waals surface area contributed by atoms with Gasteiger partial charge in [0.05, 0.1) is 23.3 Å². The first-order chi connectivity index (χ1) is 11.5. The molecule has 0 fully saturated rings. The van der Waals surface area contributed by atoms with Crippen molar-refractivity contribution >= 4 is 33.0 Å². The van der Waals surface area contributed by atoms with E-state index in [0.29, 0.717) is 10.9 Å². The minimum atomic E-state index is -0.316. The van der Waals surface area contributed by atoms with Gasteiger partial charge in [-0.25, -0.2) is 9.37 Å². The molecular weight excluding hydrogens is 379 g/mol. The van der Waals surface area contributed by atoms with E-state index in [1.54, 1.807) is 24.3 Å². The van der Waals surface area contributed by atoms with Crippen molar-refractivity contribution in [2.45, 2.75) is 13.0 Å². The number of aromatic nitrogens is 2. The highest BCUT2D eigenvalue weighted by Gasteiger charge is 2.12. The topological polar surface area (TPSA) is 69.0 Å². The first-order valence-electron chi connectivity index (χ1n) is 6.89. The highest BCUT2D eigenvalue weighted by Crippen LogP contribution is 2.19. The lowest BCUT2D eigenvalue weighted by atomic mass is 10.1. The molecule has 0 N–H and O–H groups in total. The zero-order valence-corrected chi connectivity index (χ0v) is 14.2. The van der Waals surface area contributed by atoms with Crippen LogP contribution in [-0.2, 0) is 9.59 Å². The van der Waals surface area contributed by atoms with E-state index in [1.165, 1.54) is 23.0 Å². The Balaban J connectivity index is 0.000000647. The van der Waals surface area contributed by atoms with Crippen LogP contribution in [0.2, 0.25) is 0 Å². The third kappa shape index (κ3) is 3.82. The Morgan fingerprint density at radius 2 is 1.92 bits per heavy atom. The van der Waals surface area contributed by atoms with E-state index in [9.17, 15) is 9.18 Å². The SMILES string of the molecule is CC(c1cccc(F)c1)n1cnc2ccc(Br)cc2c1=O.O=C=O. The molecule has 0 saturated carbocycles. The fourth-order valence-corrected chi connectivity index (χ4v) is 2.67. The number of benzene rings is 2. The molecule has 3 aromatic rings. The average molecular weight is 391 g/mol. The molecule has 2 aromatic carbocycles. The summed E-state index contributed by atoms with van der Waals surface area (Å²) in [7, 11) is 0. The minimum absolute atomic E-state index is 0.141. The van der Waals surface area contributed by atoms with Crippen LogP contribution < -0.4 is 5.56 Å². The summed E-state index contributed by atoms with van der Waals surface area (Å²) < 4.78 is 15.7. The Kier molecular flexibility index (Phi) is 5.73. The largest absolute Gasteiger partial charge is 0.373 e. The van der Waals surface area contributed by atoms with Gasteiger partial charge in [-0.2, -0.15) is 9.59 Å². The maximum atomic E-state index is 13.3. The summed E-state index contributed by atoms with van der Waals surface area (Å²) in [5.41, 5.74) is 1.23. The Morgan fingerprint density at radius 1 is 1.21 bits per heavy atom. The van der Waals surface area contributed by atoms with Crippen LogP contribution in [0.25, 0.3) is 10.9 Å². The van der Waals surface area contributed by atoms with Crippen LogP contribution >= 0.6 is 15.9 Å². The first kappa shape index (κ1) is 17.7. The van der Waals surface area contributed by atoms with E-state index in [0.717, 1.165) is 10.0 Å². The maximum Gasteiger partial charge on any atom is 0.373 e. The van der Waals surface area contributed by atoms with E-state index in [1.807, 2.05) is 13.0 Å². The molecule has 0 aliphatic carbocycles. The van der Waals surface area contributed by atoms with Gasteiger partial charge in [0.25, 0.3) is 5.56 Å². The van der Waals surface area contributed by atoms with Crippen LogP contribution in [0.1, 0.15) is 18.5 Å². The molecule has 0 amide bonds. The molecule has 1 atom stereocenters. The maximum absolute atomic E-state index is 13.3. The second-order valence-corrected chi connectivity index (χ2v) is 5.85. The van der Waals surface area contributed by atoms with Gasteiger partial charge in [-0.05, 0) is 42.8 Å². The molecule has 0 spiro atoms. The Bertz CT molecular complexity index is 965. The van der Waals surface area contributed by atoms with Crippen molar-refractivity contribution in [2.24, 2.45) is 0 Å². The van der Waals surface area contributed by atoms with Crippen LogP contribution in [-0.4, -0.2) is 15.7 Å². The molecule has 24 heavy (non-hydrogen) atoms. The fourth-order valence-electron chi connectivity index (χ4n) is 2.31. The summed E-state index contributed by atoms with van der Waals surface area (Å²) in [6.45, 7) is 1.85. The zero-order valence-electron chi connectivity index (χ0n) is 12.6. The van der Waals surface area contributed by atoms with Crippen molar-refractivity contribution < 1.29 is 14.0 Å².